The molecule has 8 nitrogen and oxygen atoms in total. The van der Waals surface area contributed by atoms with E-state index in [1.165, 1.54) is 0 Å². The normalized spacial score (nSPS) is 17.8. The second kappa shape index (κ2) is 11.3. The standard InChI is InChI=1S/C24H20N2O4.C4H8O2/c1-28-20-7-3-2-6-17(20)13-26-14-19-21(29-15-26)9-8-18-23(27)22(30-24(18)19)11-16-5-4-10-25-12-16;1-2-6-4-3-5-1/h2-12H,13-15H2,1H3;1-4H2. The molecule has 3 aliphatic rings. The van der Waals surface area contributed by atoms with Crippen molar-refractivity contribution in [3.05, 3.63) is 88.9 Å². The molecule has 1 fully saturated rings. The van der Waals surface area contributed by atoms with Gasteiger partial charge in [0, 0.05) is 31.0 Å². The SMILES string of the molecule is C1COCCO1.COc1ccccc1CN1COc2ccc3c(c2C1)OC(=Cc1cccnc1)C3=O. The molecule has 186 valence electrons. The zero-order valence-electron chi connectivity index (χ0n) is 20.1. The molecule has 6 rings (SSSR count). The summed E-state index contributed by atoms with van der Waals surface area (Å²) in [5.74, 6) is 2.35. The van der Waals surface area contributed by atoms with E-state index in [0.29, 0.717) is 36.9 Å². The molecule has 0 N–H and O–H groups in total. The molecule has 0 radical (unpaired) electrons. The molecule has 2 aromatic carbocycles. The van der Waals surface area contributed by atoms with Gasteiger partial charge in [0.05, 0.1) is 44.7 Å². The van der Waals surface area contributed by atoms with Crippen LogP contribution in [0.3, 0.4) is 0 Å². The minimum absolute atomic E-state index is 0.126. The van der Waals surface area contributed by atoms with Crippen molar-refractivity contribution in [3.8, 4) is 17.2 Å². The number of aromatic nitrogens is 1. The van der Waals surface area contributed by atoms with E-state index >= 15 is 0 Å². The Morgan fingerprint density at radius 1 is 1.03 bits per heavy atom. The molecular formula is C28H28N2O6. The minimum Gasteiger partial charge on any atom is -0.496 e. The van der Waals surface area contributed by atoms with Crippen molar-refractivity contribution in [1.82, 2.24) is 9.88 Å². The fraction of sp³-hybridized carbons (Fsp3) is 0.286. The summed E-state index contributed by atoms with van der Waals surface area (Å²) in [6.45, 7) is 4.85. The molecule has 0 atom stereocenters. The minimum atomic E-state index is -0.126. The number of rotatable bonds is 4. The van der Waals surface area contributed by atoms with Gasteiger partial charge < -0.3 is 23.7 Å². The number of methoxy groups -OCH3 is 1. The van der Waals surface area contributed by atoms with E-state index in [4.69, 9.17) is 23.7 Å². The summed E-state index contributed by atoms with van der Waals surface area (Å²) in [6.07, 6.45) is 5.11. The summed E-state index contributed by atoms with van der Waals surface area (Å²) in [5.41, 5.74) is 3.34. The topological polar surface area (TPSA) is 79.3 Å². The average Bonchev–Trinajstić information content (AvgIpc) is 3.26. The largest absolute Gasteiger partial charge is 0.496 e. The molecule has 0 amide bonds. The summed E-state index contributed by atoms with van der Waals surface area (Å²) in [6, 6.07) is 15.3. The zero-order valence-corrected chi connectivity index (χ0v) is 20.1. The number of para-hydroxylation sites is 1. The van der Waals surface area contributed by atoms with Crippen molar-refractivity contribution in [2.45, 2.75) is 13.1 Å². The number of hydrogen-bond acceptors (Lipinski definition) is 8. The monoisotopic (exact) mass is 488 g/mol. The molecule has 0 bridgehead atoms. The Bertz CT molecular complexity index is 1230. The van der Waals surface area contributed by atoms with Gasteiger partial charge in [0.25, 0.3) is 0 Å². The van der Waals surface area contributed by atoms with Gasteiger partial charge in [0.15, 0.2) is 5.76 Å². The third kappa shape index (κ3) is 5.41. The molecule has 4 heterocycles. The fourth-order valence-corrected chi connectivity index (χ4v) is 4.23. The van der Waals surface area contributed by atoms with Crippen molar-refractivity contribution in [2.75, 3.05) is 40.3 Å². The van der Waals surface area contributed by atoms with E-state index in [-0.39, 0.29) is 5.78 Å². The summed E-state index contributed by atoms with van der Waals surface area (Å²) >= 11 is 0. The molecule has 3 aromatic rings. The van der Waals surface area contributed by atoms with Crippen LogP contribution in [-0.2, 0) is 22.6 Å². The first-order valence-electron chi connectivity index (χ1n) is 11.9. The molecule has 8 heteroatoms. The fourth-order valence-electron chi connectivity index (χ4n) is 4.23. The Kier molecular flexibility index (Phi) is 7.56. The van der Waals surface area contributed by atoms with Crippen LogP contribution in [0.5, 0.6) is 17.2 Å². The Morgan fingerprint density at radius 2 is 1.83 bits per heavy atom. The van der Waals surface area contributed by atoms with Gasteiger partial charge in [-0.2, -0.15) is 0 Å². The Morgan fingerprint density at radius 3 is 2.56 bits per heavy atom. The van der Waals surface area contributed by atoms with Crippen LogP contribution < -0.4 is 14.2 Å². The maximum Gasteiger partial charge on any atom is 0.231 e. The summed E-state index contributed by atoms with van der Waals surface area (Å²) < 4.78 is 27.3. The van der Waals surface area contributed by atoms with Crippen LogP contribution in [0.4, 0.5) is 0 Å². The van der Waals surface area contributed by atoms with E-state index in [1.807, 2.05) is 42.5 Å². The quantitative estimate of drug-likeness (QED) is 0.508. The van der Waals surface area contributed by atoms with Crippen LogP contribution in [0.1, 0.15) is 27.0 Å². The molecule has 36 heavy (non-hydrogen) atoms. The van der Waals surface area contributed by atoms with E-state index in [2.05, 4.69) is 9.88 Å². The number of ether oxygens (including phenoxy) is 5. The van der Waals surface area contributed by atoms with Gasteiger partial charge in [0.2, 0.25) is 5.78 Å². The van der Waals surface area contributed by atoms with Gasteiger partial charge >= 0.3 is 0 Å². The molecule has 3 aliphatic heterocycles. The Labute approximate surface area is 210 Å². The maximum atomic E-state index is 12.9. The molecule has 0 spiro atoms. The zero-order chi connectivity index (χ0) is 24.7. The number of benzene rings is 2. The van der Waals surface area contributed by atoms with Gasteiger partial charge in [-0.1, -0.05) is 24.3 Å². The Hall–Kier alpha value is -3.72. The van der Waals surface area contributed by atoms with Crippen LogP contribution in [0.15, 0.2) is 66.7 Å². The highest BCUT2D eigenvalue weighted by Crippen LogP contribution is 2.42. The van der Waals surface area contributed by atoms with Crippen LogP contribution in [-0.4, -0.2) is 55.9 Å². The number of Topliss-reactive ketones (excluding diaryl/α,β-unsaturated/α-hetero) is 1. The first-order chi connectivity index (χ1) is 17.7. The number of hydrogen-bond donors (Lipinski definition) is 0. The first-order valence-corrected chi connectivity index (χ1v) is 11.9. The summed E-state index contributed by atoms with van der Waals surface area (Å²) in [7, 11) is 1.67. The highest BCUT2D eigenvalue weighted by atomic mass is 16.6. The van der Waals surface area contributed by atoms with E-state index in [0.717, 1.165) is 54.6 Å². The van der Waals surface area contributed by atoms with Crippen molar-refractivity contribution < 1.29 is 28.5 Å². The van der Waals surface area contributed by atoms with Crippen molar-refractivity contribution in [2.24, 2.45) is 0 Å². The third-order valence-electron chi connectivity index (χ3n) is 5.99. The van der Waals surface area contributed by atoms with E-state index in [9.17, 15) is 4.79 Å². The van der Waals surface area contributed by atoms with Crippen molar-refractivity contribution >= 4 is 11.9 Å². The van der Waals surface area contributed by atoms with Crippen LogP contribution in [0.2, 0.25) is 0 Å². The number of nitrogens with zero attached hydrogens (tertiary/aromatic N) is 2. The number of fused-ring (bicyclic) bond motifs is 3. The Balaban J connectivity index is 0.000000391. The van der Waals surface area contributed by atoms with Crippen molar-refractivity contribution in [3.63, 3.8) is 0 Å². The lowest BCUT2D eigenvalue weighted by Gasteiger charge is -2.30. The second-order valence-electron chi connectivity index (χ2n) is 8.44. The third-order valence-corrected chi connectivity index (χ3v) is 5.99. The van der Waals surface area contributed by atoms with Crippen molar-refractivity contribution in [1.29, 1.82) is 0 Å². The van der Waals surface area contributed by atoms with Gasteiger partial charge in [-0.15, -0.1) is 0 Å². The van der Waals surface area contributed by atoms with Gasteiger partial charge in [0.1, 0.15) is 24.0 Å². The predicted molar refractivity (Wildman–Crippen MR) is 133 cm³/mol. The van der Waals surface area contributed by atoms with Gasteiger partial charge in [-0.3, -0.25) is 14.7 Å². The molecule has 0 aliphatic carbocycles. The maximum absolute atomic E-state index is 12.9. The van der Waals surface area contributed by atoms with Crippen LogP contribution in [0.25, 0.3) is 6.08 Å². The molecular weight excluding hydrogens is 460 g/mol. The first kappa shape index (κ1) is 24.0. The number of allylic oxidation sites excluding steroid dienone is 1. The average molecular weight is 489 g/mol. The summed E-state index contributed by atoms with van der Waals surface area (Å²) in [4.78, 5) is 19.1. The molecule has 1 saturated heterocycles. The molecule has 1 aromatic heterocycles. The number of carbonyl (C=O) groups excluding carboxylic acids is 1. The molecule has 0 saturated carbocycles. The predicted octanol–water partition coefficient (Wildman–Crippen LogP) is 4.09. The number of carbonyl (C=O) groups is 1. The van der Waals surface area contributed by atoms with Gasteiger partial charge in [-0.05, 0) is 35.9 Å². The smallest absolute Gasteiger partial charge is 0.231 e. The highest BCUT2D eigenvalue weighted by molar-refractivity contribution is 6.15. The van der Waals surface area contributed by atoms with Gasteiger partial charge in [-0.25, -0.2) is 0 Å². The van der Waals surface area contributed by atoms with E-state index < -0.39 is 0 Å². The molecule has 0 unspecified atom stereocenters. The van der Waals surface area contributed by atoms with Crippen LogP contribution in [0, 0.1) is 0 Å². The number of pyridine rings is 1. The van der Waals surface area contributed by atoms with Crippen LogP contribution >= 0.6 is 0 Å². The number of ketones is 1. The highest BCUT2D eigenvalue weighted by Gasteiger charge is 2.33. The lowest BCUT2D eigenvalue weighted by molar-refractivity contribution is -0.0334. The van der Waals surface area contributed by atoms with E-state index in [1.54, 1.807) is 31.6 Å². The second-order valence-corrected chi connectivity index (χ2v) is 8.44. The lowest BCUT2D eigenvalue weighted by Crippen LogP contribution is -2.31. The summed E-state index contributed by atoms with van der Waals surface area (Å²) in [5, 5.41) is 0. The lowest BCUT2D eigenvalue weighted by atomic mass is 10.0.